The van der Waals surface area contributed by atoms with Gasteiger partial charge in [0, 0.05) is 12.6 Å². The molecule has 1 radical (unpaired) electrons. The van der Waals surface area contributed by atoms with E-state index < -0.39 is 0 Å². The summed E-state index contributed by atoms with van der Waals surface area (Å²) in [6.45, 7) is 3.36. The second kappa shape index (κ2) is 3.93. The van der Waals surface area contributed by atoms with Gasteiger partial charge in [0.15, 0.2) is 0 Å². The monoisotopic (exact) mass is 174 g/mol. The van der Waals surface area contributed by atoms with Crippen molar-refractivity contribution < 1.29 is 0 Å². The van der Waals surface area contributed by atoms with Crippen molar-refractivity contribution in [1.82, 2.24) is 5.32 Å². The molecule has 1 aliphatic rings. The van der Waals surface area contributed by atoms with Crippen LogP contribution in [-0.2, 0) is 0 Å². The molecule has 2 rings (SSSR count). The molecule has 1 heteroatoms. The van der Waals surface area contributed by atoms with Crippen LogP contribution in [0.25, 0.3) is 0 Å². The first-order valence-corrected chi connectivity index (χ1v) is 5.09. The standard InChI is InChI=1S/C12H16N/c1-10(12-8-5-9-13-12)11-6-3-2-4-7-11/h2-4,6-7,10,12H,5,8-9H2,1H3. The molecular formula is C12H16N. The Morgan fingerprint density at radius 3 is 2.69 bits per heavy atom. The van der Waals surface area contributed by atoms with Crippen LogP contribution in [-0.4, -0.2) is 12.6 Å². The zero-order valence-electron chi connectivity index (χ0n) is 8.11. The first kappa shape index (κ1) is 8.76. The number of rotatable bonds is 2. The zero-order chi connectivity index (χ0) is 9.10. The van der Waals surface area contributed by atoms with E-state index in [0.717, 1.165) is 6.54 Å². The second-order valence-corrected chi connectivity index (χ2v) is 3.82. The second-order valence-electron chi connectivity index (χ2n) is 3.82. The lowest BCUT2D eigenvalue weighted by Gasteiger charge is -2.18. The van der Waals surface area contributed by atoms with Gasteiger partial charge in [-0.25, -0.2) is 5.32 Å². The summed E-state index contributed by atoms with van der Waals surface area (Å²) >= 11 is 0. The Labute approximate surface area is 80.2 Å². The summed E-state index contributed by atoms with van der Waals surface area (Å²) in [5.41, 5.74) is 1.43. The molecule has 13 heavy (non-hydrogen) atoms. The molecule has 0 aliphatic carbocycles. The van der Waals surface area contributed by atoms with Gasteiger partial charge in [0.25, 0.3) is 0 Å². The van der Waals surface area contributed by atoms with Crippen molar-refractivity contribution in [3.8, 4) is 0 Å². The Balaban J connectivity index is 2.08. The molecule has 1 aliphatic heterocycles. The Morgan fingerprint density at radius 2 is 2.08 bits per heavy atom. The summed E-state index contributed by atoms with van der Waals surface area (Å²) in [4.78, 5) is 0. The van der Waals surface area contributed by atoms with Gasteiger partial charge in [-0.2, -0.15) is 0 Å². The van der Waals surface area contributed by atoms with Gasteiger partial charge in [0.05, 0.1) is 0 Å². The lowest BCUT2D eigenvalue weighted by molar-refractivity contribution is 0.510. The maximum Gasteiger partial charge on any atom is 0.0312 e. The van der Waals surface area contributed by atoms with Gasteiger partial charge in [0.1, 0.15) is 0 Å². The molecule has 0 bridgehead atoms. The molecule has 0 spiro atoms. The Kier molecular flexibility index (Phi) is 2.65. The van der Waals surface area contributed by atoms with Crippen LogP contribution in [0.3, 0.4) is 0 Å². The van der Waals surface area contributed by atoms with Gasteiger partial charge in [-0.15, -0.1) is 0 Å². The number of hydrogen-bond donors (Lipinski definition) is 0. The highest BCUT2D eigenvalue weighted by Gasteiger charge is 2.22. The first-order valence-electron chi connectivity index (χ1n) is 5.09. The summed E-state index contributed by atoms with van der Waals surface area (Å²) < 4.78 is 0. The molecule has 0 aromatic heterocycles. The maximum absolute atomic E-state index is 4.61. The van der Waals surface area contributed by atoms with Crippen molar-refractivity contribution in [2.75, 3.05) is 6.54 Å². The van der Waals surface area contributed by atoms with Crippen molar-refractivity contribution in [3.63, 3.8) is 0 Å². The lowest BCUT2D eigenvalue weighted by Crippen LogP contribution is -2.21. The lowest BCUT2D eigenvalue weighted by atomic mass is 9.92. The highest BCUT2D eigenvalue weighted by atomic mass is 14.9. The van der Waals surface area contributed by atoms with E-state index in [0.29, 0.717) is 12.0 Å². The molecule has 1 heterocycles. The van der Waals surface area contributed by atoms with Crippen molar-refractivity contribution >= 4 is 0 Å². The third-order valence-corrected chi connectivity index (χ3v) is 2.92. The number of nitrogens with zero attached hydrogens (tertiary/aromatic N) is 1. The Hall–Kier alpha value is -0.820. The maximum atomic E-state index is 4.61. The molecule has 1 saturated heterocycles. The van der Waals surface area contributed by atoms with Gasteiger partial charge in [-0.1, -0.05) is 37.3 Å². The SMILES string of the molecule is CC(c1ccccc1)C1CCC[N]1. The van der Waals surface area contributed by atoms with Crippen LogP contribution < -0.4 is 5.32 Å². The smallest absolute Gasteiger partial charge is 0.0312 e. The van der Waals surface area contributed by atoms with E-state index in [-0.39, 0.29) is 0 Å². The third-order valence-electron chi connectivity index (χ3n) is 2.92. The minimum Gasteiger partial charge on any atom is -0.238 e. The van der Waals surface area contributed by atoms with Gasteiger partial charge in [0.2, 0.25) is 0 Å². The molecule has 1 aromatic carbocycles. The van der Waals surface area contributed by atoms with E-state index in [2.05, 4.69) is 42.6 Å². The Morgan fingerprint density at radius 1 is 1.31 bits per heavy atom. The molecule has 69 valence electrons. The molecule has 1 aromatic rings. The van der Waals surface area contributed by atoms with E-state index in [9.17, 15) is 0 Å². The molecule has 0 N–H and O–H groups in total. The minimum absolute atomic E-state index is 0.572. The van der Waals surface area contributed by atoms with Crippen LogP contribution >= 0.6 is 0 Å². The molecule has 0 amide bonds. The molecule has 2 unspecified atom stereocenters. The van der Waals surface area contributed by atoms with Gasteiger partial charge < -0.3 is 0 Å². The predicted octanol–water partition coefficient (Wildman–Crippen LogP) is 2.56. The van der Waals surface area contributed by atoms with Crippen LogP contribution in [0, 0.1) is 0 Å². The van der Waals surface area contributed by atoms with Crippen molar-refractivity contribution in [2.24, 2.45) is 0 Å². The van der Waals surface area contributed by atoms with Crippen molar-refractivity contribution in [2.45, 2.75) is 31.7 Å². The van der Waals surface area contributed by atoms with E-state index >= 15 is 0 Å². The topological polar surface area (TPSA) is 14.1 Å². The van der Waals surface area contributed by atoms with E-state index in [1.54, 1.807) is 0 Å². The normalized spacial score (nSPS) is 24.5. The highest BCUT2D eigenvalue weighted by molar-refractivity contribution is 5.20. The minimum atomic E-state index is 0.572. The fourth-order valence-electron chi connectivity index (χ4n) is 2.04. The van der Waals surface area contributed by atoms with Crippen molar-refractivity contribution in [1.29, 1.82) is 0 Å². The molecule has 0 saturated carbocycles. The summed E-state index contributed by atoms with van der Waals surface area (Å²) in [6, 6.07) is 11.3. The average molecular weight is 174 g/mol. The van der Waals surface area contributed by atoms with Gasteiger partial charge in [-0.05, 0) is 24.3 Å². The van der Waals surface area contributed by atoms with Crippen LogP contribution in [0.2, 0.25) is 0 Å². The van der Waals surface area contributed by atoms with Gasteiger partial charge >= 0.3 is 0 Å². The Bertz CT molecular complexity index is 249. The summed E-state index contributed by atoms with van der Waals surface area (Å²) in [5, 5.41) is 4.61. The number of benzene rings is 1. The quantitative estimate of drug-likeness (QED) is 0.654. The molecule has 1 nitrogen and oxygen atoms in total. The molecular weight excluding hydrogens is 158 g/mol. The van der Waals surface area contributed by atoms with E-state index in [4.69, 9.17) is 0 Å². The van der Waals surface area contributed by atoms with Crippen LogP contribution in [0.1, 0.15) is 31.2 Å². The third kappa shape index (κ3) is 1.92. The fraction of sp³-hybridized carbons (Fsp3) is 0.500. The van der Waals surface area contributed by atoms with Crippen LogP contribution in [0.5, 0.6) is 0 Å². The van der Waals surface area contributed by atoms with Crippen molar-refractivity contribution in [3.05, 3.63) is 35.9 Å². The summed E-state index contributed by atoms with van der Waals surface area (Å²) in [6.07, 6.45) is 2.55. The highest BCUT2D eigenvalue weighted by Crippen LogP contribution is 2.25. The average Bonchev–Trinajstić information content (AvgIpc) is 2.71. The zero-order valence-corrected chi connectivity index (χ0v) is 8.11. The fourth-order valence-corrected chi connectivity index (χ4v) is 2.04. The molecule has 1 fully saturated rings. The molecule has 2 atom stereocenters. The van der Waals surface area contributed by atoms with Gasteiger partial charge in [-0.3, -0.25) is 0 Å². The summed E-state index contributed by atoms with van der Waals surface area (Å²) in [5.74, 6) is 0.601. The largest absolute Gasteiger partial charge is 0.238 e. The van der Waals surface area contributed by atoms with Crippen LogP contribution in [0.4, 0.5) is 0 Å². The number of hydrogen-bond acceptors (Lipinski definition) is 0. The summed E-state index contributed by atoms with van der Waals surface area (Å²) in [7, 11) is 0. The predicted molar refractivity (Wildman–Crippen MR) is 54.9 cm³/mol. The van der Waals surface area contributed by atoms with Crippen LogP contribution in [0.15, 0.2) is 30.3 Å². The first-order chi connectivity index (χ1) is 6.38. The van der Waals surface area contributed by atoms with E-state index in [1.807, 2.05) is 0 Å². The van der Waals surface area contributed by atoms with E-state index in [1.165, 1.54) is 18.4 Å².